The highest BCUT2D eigenvalue weighted by Crippen LogP contribution is 2.11. The molecule has 2 heteroatoms. The van der Waals surface area contributed by atoms with Gasteiger partial charge < -0.3 is 0 Å². The van der Waals surface area contributed by atoms with Crippen molar-refractivity contribution >= 4 is 16.8 Å². The third-order valence-corrected chi connectivity index (χ3v) is 1.76. The highest BCUT2D eigenvalue weighted by Gasteiger charge is 1.97. The van der Waals surface area contributed by atoms with Gasteiger partial charge in [0.2, 0.25) is 0 Å². The fourth-order valence-electron chi connectivity index (χ4n) is 0.735. The fraction of sp³-hybridized carbons (Fsp3) is 0.875. The molecular weight excluding hydrogens is 142 g/mol. The summed E-state index contributed by atoms with van der Waals surface area (Å²) in [5, 5.41) is 1.85. The van der Waals surface area contributed by atoms with E-state index in [1.54, 1.807) is 0 Å². The van der Waals surface area contributed by atoms with Gasteiger partial charge in [0.25, 0.3) is 0 Å². The van der Waals surface area contributed by atoms with Crippen molar-refractivity contribution in [2.24, 2.45) is 4.99 Å². The summed E-state index contributed by atoms with van der Waals surface area (Å²) in [5.74, 6) is 0. The first-order valence-corrected chi connectivity index (χ1v) is 4.61. The maximum atomic E-state index is 4.40. The SMILES string of the molecule is CC(=NC(C)C)SC(C)C. The number of aliphatic imine (C=N–C) groups is 1. The Labute approximate surface area is 68.3 Å². The summed E-state index contributed by atoms with van der Waals surface area (Å²) in [4.78, 5) is 4.40. The van der Waals surface area contributed by atoms with Gasteiger partial charge in [0.15, 0.2) is 0 Å². The lowest BCUT2D eigenvalue weighted by molar-refractivity contribution is 0.838. The maximum absolute atomic E-state index is 4.40. The third kappa shape index (κ3) is 6.14. The second kappa shape index (κ2) is 4.78. The standard InChI is InChI=1S/C8H17NS/c1-6(2)9-8(5)10-7(3)4/h6-7H,1-5H3. The van der Waals surface area contributed by atoms with Crippen LogP contribution in [0.2, 0.25) is 0 Å². The van der Waals surface area contributed by atoms with Gasteiger partial charge in [-0.15, -0.1) is 11.8 Å². The molecule has 0 saturated heterocycles. The average Bonchev–Trinajstić information content (AvgIpc) is 1.58. The summed E-state index contributed by atoms with van der Waals surface area (Å²) in [5.41, 5.74) is 0. The summed E-state index contributed by atoms with van der Waals surface area (Å²) in [6, 6.07) is 0.436. The van der Waals surface area contributed by atoms with Crippen molar-refractivity contribution in [1.29, 1.82) is 0 Å². The molecule has 0 saturated carbocycles. The number of hydrogen-bond donors (Lipinski definition) is 0. The highest BCUT2D eigenvalue weighted by molar-refractivity contribution is 8.14. The van der Waals surface area contributed by atoms with E-state index in [1.807, 2.05) is 11.8 Å². The Hall–Kier alpha value is 0.0200. The minimum atomic E-state index is 0.436. The zero-order valence-corrected chi connectivity index (χ0v) is 8.33. The molecule has 0 N–H and O–H groups in total. The van der Waals surface area contributed by atoms with E-state index in [0.717, 1.165) is 0 Å². The van der Waals surface area contributed by atoms with Gasteiger partial charge in [0.05, 0.1) is 5.04 Å². The van der Waals surface area contributed by atoms with E-state index in [0.29, 0.717) is 11.3 Å². The molecule has 0 aromatic carbocycles. The van der Waals surface area contributed by atoms with Crippen molar-refractivity contribution in [1.82, 2.24) is 0 Å². The molecule has 0 bridgehead atoms. The maximum Gasteiger partial charge on any atom is 0.0650 e. The first-order valence-electron chi connectivity index (χ1n) is 3.73. The first kappa shape index (κ1) is 10.0. The number of nitrogens with zero attached hydrogens (tertiary/aromatic N) is 1. The van der Waals surface area contributed by atoms with Crippen LogP contribution < -0.4 is 0 Å². The Balaban J connectivity index is 3.71. The molecule has 0 fully saturated rings. The second-order valence-corrected chi connectivity index (χ2v) is 4.68. The van der Waals surface area contributed by atoms with Crippen molar-refractivity contribution in [3.05, 3.63) is 0 Å². The monoisotopic (exact) mass is 159 g/mol. The fourth-order valence-corrected chi connectivity index (χ4v) is 1.69. The molecule has 0 aromatic heterocycles. The van der Waals surface area contributed by atoms with Gasteiger partial charge in [-0.3, -0.25) is 4.99 Å². The summed E-state index contributed by atoms with van der Waals surface area (Å²) < 4.78 is 0. The quantitative estimate of drug-likeness (QED) is 0.446. The van der Waals surface area contributed by atoms with E-state index < -0.39 is 0 Å². The summed E-state index contributed by atoms with van der Waals surface area (Å²) in [7, 11) is 0. The van der Waals surface area contributed by atoms with Crippen LogP contribution in [-0.2, 0) is 0 Å². The molecule has 10 heavy (non-hydrogen) atoms. The van der Waals surface area contributed by atoms with Gasteiger partial charge in [-0.2, -0.15) is 0 Å². The molecule has 0 amide bonds. The van der Waals surface area contributed by atoms with Crippen LogP contribution in [0.5, 0.6) is 0 Å². The normalized spacial score (nSPS) is 13.3. The zero-order valence-electron chi connectivity index (χ0n) is 7.51. The Morgan fingerprint density at radius 2 is 1.70 bits per heavy atom. The topological polar surface area (TPSA) is 12.4 Å². The molecule has 0 aromatic rings. The van der Waals surface area contributed by atoms with E-state index in [-0.39, 0.29) is 0 Å². The van der Waals surface area contributed by atoms with E-state index in [9.17, 15) is 0 Å². The zero-order chi connectivity index (χ0) is 8.15. The van der Waals surface area contributed by atoms with Gasteiger partial charge in [0, 0.05) is 11.3 Å². The molecule has 0 heterocycles. The molecule has 0 aliphatic heterocycles. The van der Waals surface area contributed by atoms with Crippen LogP contribution in [0.15, 0.2) is 4.99 Å². The van der Waals surface area contributed by atoms with Crippen molar-refractivity contribution < 1.29 is 0 Å². The van der Waals surface area contributed by atoms with Crippen LogP contribution in [0.25, 0.3) is 0 Å². The van der Waals surface area contributed by atoms with Gasteiger partial charge >= 0.3 is 0 Å². The van der Waals surface area contributed by atoms with Crippen molar-refractivity contribution in [2.75, 3.05) is 0 Å². The van der Waals surface area contributed by atoms with E-state index in [2.05, 4.69) is 39.6 Å². The average molecular weight is 159 g/mol. The van der Waals surface area contributed by atoms with Crippen LogP contribution in [-0.4, -0.2) is 16.3 Å². The Morgan fingerprint density at radius 3 is 2.00 bits per heavy atom. The minimum Gasteiger partial charge on any atom is -0.280 e. The molecular formula is C8H17NS. The molecule has 0 spiro atoms. The van der Waals surface area contributed by atoms with Crippen molar-refractivity contribution in [2.45, 2.75) is 45.9 Å². The Morgan fingerprint density at radius 1 is 1.20 bits per heavy atom. The van der Waals surface area contributed by atoms with Gasteiger partial charge in [0.1, 0.15) is 0 Å². The second-order valence-electron chi connectivity index (χ2n) is 2.91. The smallest absolute Gasteiger partial charge is 0.0650 e. The Bertz CT molecular complexity index is 116. The third-order valence-electron chi connectivity index (χ3n) is 0.846. The van der Waals surface area contributed by atoms with Crippen LogP contribution >= 0.6 is 11.8 Å². The predicted molar refractivity (Wildman–Crippen MR) is 51.0 cm³/mol. The molecule has 0 radical (unpaired) electrons. The van der Waals surface area contributed by atoms with Crippen LogP contribution in [0.1, 0.15) is 34.6 Å². The molecule has 0 atom stereocenters. The van der Waals surface area contributed by atoms with Crippen molar-refractivity contribution in [3.8, 4) is 0 Å². The molecule has 60 valence electrons. The predicted octanol–water partition coefficient (Wildman–Crippen LogP) is 2.95. The van der Waals surface area contributed by atoms with Crippen LogP contribution in [0.4, 0.5) is 0 Å². The van der Waals surface area contributed by atoms with E-state index in [4.69, 9.17) is 0 Å². The van der Waals surface area contributed by atoms with Crippen molar-refractivity contribution in [3.63, 3.8) is 0 Å². The Kier molecular flexibility index (Phi) is 4.79. The van der Waals surface area contributed by atoms with E-state index in [1.165, 1.54) is 5.04 Å². The van der Waals surface area contributed by atoms with Gasteiger partial charge in [-0.1, -0.05) is 13.8 Å². The summed E-state index contributed by atoms with van der Waals surface area (Å²) in [6.45, 7) is 10.6. The largest absolute Gasteiger partial charge is 0.280 e. The van der Waals surface area contributed by atoms with Gasteiger partial charge in [-0.25, -0.2) is 0 Å². The number of thioether (sulfide) groups is 1. The first-order chi connectivity index (χ1) is 4.52. The molecule has 0 aliphatic carbocycles. The number of hydrogen-bond acceptors (Lipinski definition) is 2. The van der Waals surface area contributed by atoms with Crippen LogP contribution in [0.3, 0.4) is 0 Å². The summed E-state index contributed by atoms with van der Waals surface area (Å²) in [6.07, 6.45) is 0. The molecule has 0 unspecified atom stereocenters. The highest BCUT2D eigenvalue weighted by atomic mass is 32.2. The molecule has 0 aliphatic rings. The minimum absolute atomic E-state index is 0.436. The number of rotatable bonds is 2. The lowest BCUT2D eigenvalue weighted by atomic mass is 10.4. The lowest BCUT2D eigenvalue weighted by Gasteiger charge is -2.04. The van der Waals surface area contributed by atoms with Crippen LogP contribution in [0, 0.1) is 0 Å². The van der Waals surface area contributed by atoms with Gasteiger partial charge in [-0.05, 0) is 20.8 Å². The van der Waals surface area contributed by atoms with E-state index >= 15 is 0 Å². The molecule has 0 rings (SSSR count). The molecule has 1 nitrogen and oxygen atoms in total. The summed E-state index contributed by atoms with van der Waals surface area (Å²) >= 11 is 1.83. The lowest BCUT2D eigenvalue weighted by Crippen LogP contribution is -1.98.